The number of amides is 1. The van der Waals surface area contributed by atoms with Crippen molar-refractivity contribution in [2.45, 2.75) is 26.3 Å². The van der Waals surface area contributed by atoms with Gasteiger partial charge in [-0.05, 0) is 31.0 Å². The van der Waals surface area contributed by atoms with E-state index >= 15 is 0 Å². The second-order valence-corrected chi connectivity index (χ2v) is 6.23. The Kier molecular flexibility index (Phi) is 7.11. The molecule has 0 aliphatic carbocycles. The third kappa shape index (κ3) is 5.95. The largest absolute Gasteiger partial charge is 0.467 e. The van der Waals surface area contributed by atoms with E-state index < -0.39 is 30.5 Å². The number of nitrogens with one attached hydrogen (secondary N) is 1. The Bertz CT molecular complexity index is 817. The maximum atomic E-state index is 12.2. The van der Waals surface area contributed by atoms with Crippen LogP contribution < -0.4 is 5.32 Å². The van der Waals surface area contributed by atoms with Crippen molar-refractivity contribution in [3.63, 3.8) is 0 Å². The molecule has 0 fully saturated rings. The number of benzene rings is 2. The van der Waals surface area contributed by atoms with E-state index in [1.807, 2.05) is 49.4 Å². The molecule has 2 aromatic carbocycles. The van der Waals surface area contributed by atoms with E-state index in [1.165, 1.54) is 7.11 Å². The standard InChI is InChI=1S/C21H23NO5/c1-14-9-10-15(2)17(11-14)20(24)27-13-19(23)22-18(21(25)26-3)12-16-7-5-4-6-8-16/h4-11,18H,12-13H2,1-3H3,(H,22,23)/t18-/m1/s1. The summed E-state index contributed by atoms with van der Waals surface area (Å²) in [5.74, 6) is -1.71. The van der Waals surface area contributed by atoms with Crippen LogP contribution in [0.15, 0.2) is 48.5 Å². The zero-order valence-electron chi connectivity index (χ0n) is 15.7. The summed E-state index contributed by atoms with van der Waals surface area (Å²) in [5, 5.41) is 2.56. The molecule has 2 aromatic rings. The second-order valence-electron chi connectivity index (χ2n) is 6.23. The number of ether oxygens (including phenoxy) is 2. The average molecular weight is 369 g/mol. The molecule has 0 aromatic heterocycles. The summed E-state index contributed by atoms with van der Waals surface area (Å²) in [7, 11) is 1.26. The molecule has 1 N–H and O–H groups in total. The Morgan fingerprint density at radius 2 is 1.74 bits per heavy atom. The van der Waals surface area contributed by atoms with E-state index in [-0.39, 0.29) is 6.42 Å². The van der Waals surface area contributed by atoms with Gasteiger partial charge in [0.05, 0.1) is 12.7 Å². The zero-order valence-corrected chi connectivity index (χ0v) is 15.7. The number of carbonyl (C=O) groups is 3. The summed E-state index contributed by atoms with van der Waals surface area (Å²) in [6.07, 6.45) is 0.282. The van der Waals surface area contributed by atoms with E-state index in [0.29, 0.717) is 5.56 Å². The molecule has 0 unspecified atom stereocenters. The van der Waals surface area contributed by atoms with Gasteiger partial charge in [0, 0.05) is 6.42 Å². The molecule has 142 valence electrons. The van der Waals surface area contributed by atoms with Gasteiger partial charge in [-0.1, -0.05) is 48.0 Å². The van der Waals surface area contributed by atoms with Crippen molar-refractivity contribution in [2.24, 2.45) is 0 Å². The van der Waals surface area contributed by atoms with Gasteiger partial charge in [-0.25, -0.2) is 9.59 Å². The van der Waals surface area contributed by atoms with E-state index in [0.717, 1.165) is 16.7 Å². The Morgan fingerprint density at radius 3 is 2.41 bits per heavy atom. The predicted molar refractivity (Wildman–Crippen MR) is 100 cm³/mol. The topological polar surface area (TPSA) is 81.7 Å². The average Bonchev–Trinajstić information content (AvgIpc) is 2.67. The molecule has 0 spiro atoms. The lowest BCUT2D eigenvalue weighted by Crippen LogP contribution is -2.44. The van der Waals surface area contributed by atoms with E-state index in [9.17, 15) is 14.4 Å². The van der Waals surface area contributed by atoms with Crippen LogP contribution in [0.3, 0.4) is 0 Å². The summed E-state index contributed by atoms with van der Waals surface area (Å²) in [6, 6.07) is 13.8. The van der Waals surface area contributed by atoms with Crippen LogP contribution in [-0.2, 0) is 25.5 Å². The highest BCUT2D eigenvalue weighted by Gasteiger charge is 2.23. The van der Waals surface area contributed by atoms with E-state index in [4.69, 9.17) is 9.47 Å². The van der Waals surface area contributed by atoms with Gasteiger partial charge in [0.25, 0.3) is 5.91 Å². The molecule has 6 heteroatoms. The fourth-order valence-electron chi connectivity index (χ4n) is 2.59. The first-order valence-electron chi connectivity index (χ1n) is 8.56. The number of carbonyl (C=O) groups excluding carboxylic acids is 3. The van der Waals surface area contributed by atoms with Crippen molar-refractivity contribution in [3.05, 3.63) is 70.8 Å². The quantitative estimate of drug-likeness (QED) is 0.758. The Balaban J connectivity index is 1.96. The second kappa shape index (κ2) is 9.52. The van der Waals surface area contributed by atoms with Gasteiger partial charge >= 0.3 is 11.9 Å². The van der Waals surface area contributed by atoms with Gasteiger partial charge < -0.3 is 14.8 Å². The molecule has 0 saturated carbocycles. The highest BCUT2D eigenvalue weighted by atomic mass is 16.5. The van der Waals surface area contributed by atoms with E-state index in [2.05, 4.69) is 5.32 Å². The van der Waals surface area contributed by atoms with Crippen LogP contribution in [0.4, 0.5) is 0 Å². The molecular weight excluding hydrogens is 346 g/mol. The van der Waals surface area contributed by atoms with Crippen molar-refractivity contribution in [1.82, 2.24) is 5.32 Å². The Hall–Kier alpha value is -3.15. The van der Waals surface area contributed by atoms with Crippen molar-refractivity contribution in [1.29, 1.82) is 0 Å². The highest BCUT2D eigenvalue weighted by Crippen LogP contribution is 2.12. The summed E-state index contributed by atoms with van der Waals surface area (Å²) < 4.78 is 9.83. The molecule has 0 heterocycles. The molecule has 0 bridgehead atoms. The van der Waals surface area contributed by atoms with Gasteiger partial charge in [-0.15, -0.1) is 0 Å². The van der Waals surface area contributed by atoms with Gasteiger partial charge in [0.2, 0.25) is 0 Å². The van der Waals surface area contributed by atoms with Crippen LogP contribution in [0.2, 0.25) is 0 Å². The minimum Gasteiger partial charge on any atom is -0.467 e. The molecule has 2 rings (SSSR count). The lowest BCUT2D eigenvalue weighted by atomic mass is 10.1. The van der Waals surface area contributed by atoms with Gasteiger partial charge in [-0.3, -0.25) is 4.79 Å². The smallest absolute Gasteiger partial charge is 0.338 e. The molecule has 0 saturated heterocycles. The first kappa shape index (κ1) is 20.2. The Labute approximate surface area is 158 Å². The van der Waals surface area contributed by atoms with Gasteiger partial charge in [0.15, 0.2) is 6.61 Å². The Morgan fingerprint density at radius 1 is 1.04 bits per heavy atom. The van der Waals surface area contributed by atoms with Crippen LogP contribution in [-0.4, -0.2) is 37.6 Å². The summed E-state index contributed by atoms with van der Waals surface area (Å²) in [5.41, 5.74) is 2.98. The minimum absolute atomic E-state index is 0.282. The van der Waals surface area contributed by atoms with Gasteiger partial charge in [-0.2, -0.15) is 0 Å². The number of rotatable bonds is 7. The molecule has 0 aliphatic heterocycles. The predicted octanol–water partition coefficient (Wildman–Crippen LogP) is 2.36. The SMILES string of the molecule is COC(=O)[C@@H](Cc1ccccc1)NC(=O)COC(=O)c1cc(C)ccc1C. The minimum atomic E-state index is -0.857. The molecule has 0 radical (unpaired) electrons. The van der Waals surface area contributed by atoms with Crippen molar-refractivity contribution >= 4 is 17.8 Å². The molecular formula is C21H23NO5. The van der Waals surface area contributed by atoms with E-state index in [1.54, 1.807) is 13.0 Å². The number of hydrogen-bond acceptors (Lipinski definition) is 5. The zero-order chi connectivity index (χ0) is 19.8. The third-order valence-electron chi connectivity index (χ3n) is 4.05. The van der Waals surface area contributed by atoms with Crippen LogP contribution in [0, 0.1) is 13.8 Å². The summed E-state index contributed by atoms with van der Waals surface area (Å²) >= 11 is 0. The molecule has 6 nitrogen and oxygen atoms in total. The van der Waals surface area contributed by atoms with Crippen LogP contribution in [0.5, 0.6) is 0 Å². The monoisotopic (exact) mass is 369 g/mol. The fourth-order valence-corrected chi connectivity index (χ4v) is 2.59. The van der Waals surface area contributed by atoms with Crippen LogP contribution in [0.25, 0.3) is 0 Å². The van der Waals surface area contributed by atoms with Crippen molar-refractivity contribution in [3.8, 4) is 0 Å². The summed E-state index contributed by atoms with van der Waals surface area (Å²) in [6.45, 7) is 3.19. The van der Waals surface area contributed by atoms with Crippen molar-refractivity contribution < 1.29 is 23.9 Å². The summed E-state index contributed by atoms with van der Waals surface area (Å²) in [4.78, 5) is 36.3. The lowest BCUT2D eigenvalue weighted by Gasteiger charge is -2.17. The molecule has 0 aliphatic rings. The highest BCUT2D eigenvalue weighted by molar-refractivity contribution is 5.93. The normalized spacial score (nSPS) is 11.4. The van der Waals surface area contributed by atoms with Crippen LogP contribution >= 0.6 is 0 Å². The molecule has 27 heavy (non-hydrogen) atoms. The molecule has 1 amide bonds. The number of hydrogen-bond donors (Lipinski definition) is 1. The third-order valence-corrected chi connectivity index (χ3v) is 4.05. The first-order chi connectivity index (χ1) is 12.9. The number of esters is 2. The maximum absolute atomic E-state index is 12.2. The maximum Gasteiger partial charge on any atom is 0.338 e. The van der Waals surface area contributed by atoms with Gasteiger partial charge in [0.1, 0.15) is 6.04 Å². The van der Waals surface area contributed by atoms with Crippen LogP contribution in [0.1, 0.15) is 27.0 Å². The first-order valence-corrected chi connectivity index (χ1v) is 8.56. The number of methoxy groups -OCH3 is 1. The van der Waals surface area contributed by atoms with Crippen molar-refractivity contribution in [2.75, 3.05) is 13.7 Å². The number of aryl methyl sites for hydroxylation is 2. The molecule has 1 atom stereocenters. The lowest BCUT2D eigenvalue weighted by molar-refractivity contribution is -0.145. The fraction of sp³-hybridized carbons (Fsp3) is 0.286.